The number of anilines is 1. The first-order valence-electron chi connectivity index (χ1n) is 7.12. The molecule has 0 aliphatic heterocycles. The number of aryl methyl sites for hydroxylation is 1. The number of nitrogens with two attached hydrogens (primary N) is 1. The number of carbonyl (C=O) groups is 1. The van der Waals surface area contributed by atoms with Crippen molar-refractivity contribution in [2.75, 3.05) is 25.0 Å². The number of rotatable bonds is 8. The van der Waals surface area contributed by atoms with Crippen LogP contribution in [0.3, 0.4) is 0 Å². The first-order chi connectivity index (χ1) is 11.4. The molecule has 9 nitrogen and oxygen atoms in total. The Kier molecular flexibility index (Phi) is 7.84. The lowest BCUT2D eigenvalue weighted by Crippen LogP contribution is -2.32. The van der Waals surface area contributed by atoms with Gasteiger partial charge in [0.25, 0.3) is 0 Å². The molecule has 11 heteroatoms. The normalized spacial score (nSPS) is 10.8. The third kappa shape index (κ3) is 6.35. The Bertz CT molecular complexity index is 792. The van der Waals surface area contributed by atoms with E-state index in [0.717, 1.165) is 0 Å². The van der Waals surface area contributed by atoms with Gasteiger partial charge in [-0.3, -0.25) is 9.48 Å². The molecular weight excluding hydrogens is 370 g/mol. The van der Waals surface area contributed by atoms with Gasteiger partial charge in [0.05, 0.1) is 12.7 Å². The topological polar surface area (TPSA) is 128 Å². The maximum Gasteiger partial charge on any atom is 0.244 e. The van der Waals surface area contributed by atoms with Crippen LogP contribution in [0.2, 0.25) is 0 Å². The minimum Gasteiger partial charge on any atom is -0.492 e. The van der Waals surface area contributed by atoms with E-state index >= 15 is 0 Å². The average molecular weight is 390 g/mol. The minimum absolute atomic E-state index is 0. The molecular formula is C14H20ClN5O4S. The second-order valence-corrected chi connectivity index (χ2v) is 6.65. The van der Waals surface area contributed by atoms with Gasteiger partial charge in [-0.05, 0) is 24.3 Å². The Hall–Kier alpha value is -2.14. The Morgan fingerprint density at radius 1 is 1.32 bits per heavy atom. The predicted octanol–water partition coefficient (Wildman–Crippen LogP) is 0.0964. The van der Waals surface area contributed by atoms with Crippen LogP contribution in [0.5, 0.6) is 5.75 Å². The van der Waals surface area contributed by atoms with Crippen molar-refractivity contribution in [3.8, 4) is 5.75 Å². The van der Waals surface area contributed by atoms with Gasteiger partial charge in [-0.15, -0.1) is 12.4 Å². The van der Waals surface area contributed by atoms with E-state index in [9.17, 15) is 13.2 Å². The Labute approximate surface area is 152 Å². The van der Waals surface area contributed by atoms with Crippen molar-refractivity contribution in [1.29, 1.82) is 0 Å². The molecule has 0 bridgehead atoms. The summed E-state index contributed by atoms with van der Waals surface area (Å²) in [6, 6.07) is 6.68. The van der Waals surface area contributed by atoms with Gasteiger partial charge in [-0.1, -0.05) is 0 Å². The van der Waals surface area contributed by atoms with Crippen molar-refractivity contribution < 1.29 is 17.9 Å². The molecule has 0 saturated heterocycles. The third-order valence-corrected chi connectivity index (χ3v) is 4.29. The summed E-state index contributed by atoms with van der Waals surface area (Å²) >= 11 is 0. The van der Waals surface area contributed by atoms with Gasteiger partial charge in [0.1, 0.15) is 17.3 Å². The van der Waals surface area contributed by atoms with Gasteiger partial charge < -0.3 is 15.8 Å². The second kappa shape index (κ2) is 9.37. The molecule has 1 aromatic heterocycles. The van der Waals surface area contributed by atoms with Gasteiger partial charge in [0, 0.05) is 25.5 Å². The van der Waals surface area contributed by atoms with Gasteiger partial charge >= 0.3 is 0 Å². The minimum atomic E-state index is -3.77. The fraction of sp³-hybridized carbons (Fsp3) is 0.286. The molecule has 2 aromatic rings. The molecule has 0 unspecified atom stereocenters. The lowest BCUT2D eigenvalue weighted by Gasteiger charge is -2.08. The number of ether oxygens (including phenoxy) is 1. The summed E-state index contributed by atoms with van der Waals surface area (Å²) in [4.78, 5) is 11.8. The van der Waals surface area contributed by atoms with Crippen LogP contribution in [-0.4, -0.2) is 43.8 Å². The van der Waals surface area contributed by atoms with Crippen molar-refractivity contribution in [3.05, 3.63) is 36.7 Å². The molecule has 1 aromatic carbocycles. The predicted molar refractivity (Wildman–Crippen MR) is 95.3 cm³/mol. The maximum atomic E-state index is 12.0. The molecule has 25 heavy (non-hydrogen) atoms. The summed E-state index contributed by atoms with van der Waals surface area (Å²) in [5, 5.41) is 6.37. The summed E-state index contributed by atoms with van der Waals surface area (Å²) in [6.07, 6.45) is 2.56. The third-order valence-electron chi connectivity index (χ3n) is 2.94. The summed E-state index contributed by atoms with van der Waals surface area (Å²) in [6.45, 7) is 0.431. The quantitative estimate of drug-likeness (QED) is 0.587. The zero-order chi connectivity index (χ0) is 17.6. The number of hydrogen-bond acceptors (Lipinski definition) is 6. The highest BCUT2D eigenvalue weighted by Crippen LogP contribution is 2.15. The number of nitrogens with zero attached hydrogens (tertiary/aromatic N) is 2. The van der Waals surface area contributed by atoms with E-state index in [1.807, 2.05) is 0 Å². The molecule has 0 radical (unpaired) electrons. The van der Waals surface area contributed by atoms with Crippen LogP contribution in [0.1, 0.15) is 0 Å². The molecule has 2 rings (SSSR count). The summed E-state index contributed by atoms with van der Waals surface area (Å²) in [5.74, 6) is 0.147. The number of hydrogen-bond donors (Lipinski definition) is 3. The highest BCUT2D eigenvalue weighted by molar-refractivity contribution is 7.89. The SMILES string of the molecule is Cl.Cn1cc(S(=O)(=O)NCC(=O)Nc2ccc(OCCN)cc2)cn1. The Balaban J connectivity index is 0.00000312. The van der Waals surface area contributed by atoms with E-state index in [0.29, 0.717) is 24.6 Å². The standard InChI is InChI=1S/C14H19N5O4S.ClH/c1-19-10-13(8-16-19)24(21,22)17-9-14(20)18-11-2-4-12(5-3-11)23-7-6-15;/h2-5,8,10,17H,6-7,9,15H2,1H3,(H,18,20);1H. The Morgan fingerprint density at radius 3 is 2.56 bits per heavy atom. The number of amides is 1. The van der Waals surface area contributed by atoms with Crippen LogP contribution in [0.25, 0.3) is 0 Å². The zero-order valence-electron chi connectivity index (χ0n) is 13.5. The van der Waals surface area contributed by atoms with Crippen molar-refractivity contribution in [3.63, 3.8) is 0 Å². The van der Waals surface area contributed by atoms with Crippen molar-refractivity contribution in [1.82, 2.24) is 14.5 Å². The molecule has 1 amide bonds. The molecule has 0 atom stereocenters. The van der Waals surface area contributed by atoms with Crippen LogP contribution < -0.4 is 20.5 Å². The number of nitrogens with one attached hydrogen (secondary N) is 2. The van der Waals surface area contributed by atoms with E-state index in [2.05, 4.69) is 15.1 Å². The van der Waals surface area contributed by atoms with Crippen LogP contribution in [0.4, 0.5) is 5.69 Å². The second-order valence-electron chi connectivity index (χ2n) is 4.88. The van der Waals surface area contributed by atoms with E-state index < -0.39 is 15.9 Å². The largest absolute Gasteiger partial charge is 0.492 e. The number of carbonyl (C=O) groups excluding carboxylic acids is 1. The molecule has 4 N–H and O–H groups in total. The van der Waals surface area contributed by atoms with Gasteiger partial charge in [-0.2, -0.15) is 5.10 Å². The van der Waals surface area contributed by atoms with Crippen molar-refractivity contribution >= 4 is 34.0 Å². The molecule has 0 spiro atoms. The van der Waals surface area contributed by atoms with Crippen LogP contribution in [0, 0.1) is 0 Å². The monoisotopic (exact) mass is 389 g/mol. The van der Waals surface area contributed by atoms with E-state index in [1.54, 1.807) is 31.3 Å². The van der Waals surface area contributed by atoms with Crippen LogP contribution in [-0.2, 0) is 21.9 Å². The average Bonchev–Trinajstić information content (AvgIpc) is 3.00. The first kappa shape index (κ1) is 20.9. The smallest absolute Gasteiger partial charge is 0.244 e. The Morgan fingerprint density at radius 2 is 2.00 bits per heavy atom. The molecule has 0 aliphatic carbocycles. The molecule has 0 aliphatic rings. The van der Waals surface area contributed by atoms with Gasteiger partial charge in [-0.25, -0.2) is 13.1 Å². The van der Waals surface area contributed by atoms with Crippen molar-refractivity contribution in [2.45, 2.75) is 4.90 Å². The highest BCUT2D eigenvalue weighted by atomic mass is 35.5. The fourth-order valence-corrected chi connectivity index (χ4v) is 2.76. The first-order valence-corrected chi connectivity index (χ1v) is 8.60. The fourth-order valence-electron chi connectivity index (χ4n) is 1.80. The number of halogens is 1. The molecule has 0 saturated carbocycles. The maximum absolute atomic E-state index is 12.0. The van der Waals surface area contributed by atoms with E-state index in [4.69, 9.17) is 10.5 Å². The van der Waals surface area contributed by atoms with Gasteiger partial charge in [0.2, 0.25) is 15.9 Å². The lowest BCUT2D eigenvalue weighted by molar-refractivity contribution is -0.115. The summed E-state index contributed by atoms with van der Waals surface area (Å²) in [7, 11) is -2.17. The van der Waals surface area contributed by atoms with Gasteiger partial charge in [0.15, 0.2) is 0 Å². The van der Waals surface area contributed by atoms with Crippen LogP contribution >= 0.6 is 12.4 Å². The summed E-state index contributed by atoms with van der Waals surface area (Å²) in [5.41, 5.74) is 5.87. The zero-order valence-corrected chi connectivity index (χ0v) is 15.1. The van der Waals surface area contributed by atoms with E-state index in [-0.39, 0.29) is 23.8 Å². The number of benzene rings is 1. The molecule has 0 fully saturated rings. The van der Waals surface area contributed by atoms with Crippen LogP contribution in [0.15, 0.2) is 41.6 Å². The van der Waals surface area contributed by atoms with E-state index in [1.165, 1.54) is 17.1 Å². The lowest BCUT2D eigenvalue weighted by atomic mass is 10.3. The molecule has 138 valence electrons. The summed E-state index contributed by atoms with van der Waals surface area (Å²) < 4.78 is 32.9. The highest BCUT2D eigenvalue weighted by Gasteiger charge is 2.17. The number of sulfonamides is 1. The molecule has 1 heterocycles. The van der Waals surface area contributed by atoms with Crippen molar-refractivity contribution in [2.24, 2.45) is 12.8 Å². The number of aromatic nitrogens is 2.